The van der Waals surface area contributed by atoms with Gasteiger partial charge in [-0.25, -0.2) is 4.98 Å². The van der Waals surface area contributed by atoms with E-state index in [0.717, 1.165) is 27.8 Å². The lowest BCUT2D eigenvalue weighted by molar-refractivity contribution is 0.0947. The Morgan fingerprint density at radius 1 is 1.26 bits per heavy atom. The summed E-state index contributed by atoms with van der Waals surface area (Å²) in [6, 6.07) is 12.1. The van der Waals surface area contributed by atoms with Crippen molar-refractivity contribution >= 4 is 27.5 Å². The third kappa shape index (κ3) is 3.29. The van der Waals surface area contributed by atoms with E-state index in [4.69, 9.17) is 0 Å². The SMILES string of the molecule is Cc1nc2c(C)cc(Br)cn2c1C(=O)NCCc1ccccc1. The number of carbonyl (C=O) groups is 1. The molecule has 1 N–H and O–H groups in total. The highest BCUT2D eigenvalue weighted by Gasteiger charge is 2.17. The maximum atomic E-state index is 12.6. The molecule has 0 aliphatic carbocycles. The van der Waals surface area contributed by atoms with Gasteiger partial charge in [0, 0.05) is 17.2 Å². The van der Waals surface area contributed by atoms with E-state index in [-0.39, 0.29) is 5.91 Å². The number of rotatable bonds is 4. The van der Waals surface area contributed by atoms with Crippen molar-refractivity contribution in [1.82, 2.24) is 14.7 Å². The number of hydrogen-bond acceptors (Lipinski definition) is 2. The summed E-state index contributed by atoms with van der Waals surface area (Å²) in [7, 11) is 0. The van der Waals surface area contributed by atoms with Gasteiger partial charge in [-0.05, 0) is 53.4 Å². The van der Waals surface area contributed by atoms with E-state index in [1.165, 1.54) is 5.56 Å². The summed E-state index contributed by atoms with van der Waals surface area (Å²) in [6.45, 7) is 4.46. The number of imidazole rings is 1. The first-order chi connectivity index (χ1) is 11.1. The number of hydrogen-bond donors (Lipinski definition) is 1. The Kier molecular flexibility index (Phi) is 4.48. The minimum Gasteiger partial charge on any atom is -0.350 e. The fourth-order valence-electron chi connectivity index (χ4n) is 2.70. The zero-order chi connectivity index (χ0) is 16.4. The van der Waals surface area contributed by atoms with E-state index in [2.05, 4.69) is 38.4 Å². The van der Waals surface area contributed by atoms with Gasteiger partial charge in [0.05, 0.1) is 5.69 Å². The van der Waals surface area contributed by atoms with Crippen molar-refractivity contribution in [2.75, 3.05) is 6.54 Å². The largest absolute Gasteiger partial charge is 0.350 e. The molecule has 0 aliphatic rings. The number of aromatic nitrogens is 2. The Hall–Kier alpha value is -2.14. The Bertz CT molecular complexity index is 856. The van der Waals surface area contributed by atoms with Crippen LogP contribution in [0.1, 0.15) is 27.3 Å². The lowest BCUT2D eigenvalue weighted by atomic mass is 10.1. The van der Waals surface area contributed by atoms with Crippen LogP contribution in [-0.2, 0) is 6.42 Å². The van der Waals surface area contributed by atoms with Gasteiger partial charge in [0.25, 0.3) is 5.91 Å². The van der Waals surface area contributed by atoms with Crippen LogP contribution in [0.25, 0.3) is 5.65 Å². The number of fused-ring (bicyclic) bond motifs is 1. The van der Waals surface area contributed by atoms with Gasteiger partial charge in [0.1, 0.15) is 11.3 Å². The lowest BCUT2D eigenvalue weighted by Crippen LogP contribution is -2.27. The van der Waals surface area contributed by atoms with Crippen LogP contribution in [0.4, 0.5) is 0 Å². The Morgan fingerprint density at radius 2 is 2.00 bits per heavy atom. The molecule has 0 saturated heterocycles. The highest BCUT2D eigenvalue weighted by molar-refractivity contribution is 9.10. The molecule has 5 heteroatoms. The van der Waals surface area contributed by atoms with E-state index >= 15 is 0 Å². The second-order valence-corrected chi connectivity index (χ2v) is 6.49. The van der Waals surface area contributed by atoms with Gasteiger partial charge in [-0.2, -0.15) is 0 Å². The van der Waals surface area contributed by atoms with Gasteiger partial charge in [-0.15, -0.1) is 0 Å². The monoisotopic (exact) mass is 371 g/mol. The molecule has 118 valence electrons. The molecule has 0 unspecified atom stereocenters. The number of nitrogens with zero attached hydrogens (tertiary/aromatic N) is 2. The predicted molar refractivity (Wildman–Crippen MR) is 94.8 cm³/mol. The molecule has 23 heavy (non-hydrogen) atoms. The second-order valence-electron chi connectivity index (χ2n) is 5.57. The summed E-state index contributed by atoms with van der Waals surface area (Å²) in [5.41, 5.74) is 4.40. The van der Waals surface area contributed by atoms with Crippen molar-refractivity contribution in [2.24, 2.45) is 0 Å². The lowest BCUT2D eigenvalue weighted by Gasteiger charge is -2.07. The van der Waals surface area contributed by atoms with Crippen LogP contribution < -0.4 is 5.32 Å². The van der Waals surface area contributed by atoms with E-state index in [1.54, 1.807) is 0 Å². The Morgan fingerprint density at radius 3 is 2.74 bits per heavy atom. The summed E-state index contributed by atoms with van der Waals surface area (Å²) in [5, 5.41) is 2.99. The summed E-state index contributed by atoms with van der Waals surface area (Å²) in [5.74, 6) is -0.0940. The normalized spacial score (nSPS) is 10.9. The Balaban J connectivity index is 1.79. The van der Waals surface area contributed by atoms with Gasteiger partial charge in [-0.3, -0.25) is 9.20 Å². The maximum Gasteiger partial charge on any atom is 0.270 e. The van der Waals surface area contributed by atoms with Crippen molar-refractivity contribution in [1.29, 1.82) is 0 Å². The molecule has 0 saturated carbocycles. The van der Waals surface area contributed by atoms with E-state index in [0.29, 0.717) is 12.2 Å². The zero-order valence-electron chi connectivity index (χ0n) is 13.1. The minimum atomic E-state index is -0.0940. The first-order valence-electron chi connectivity index (χ1n) is 7.53. The van der Waals surface area contributed by atoms with E-state index in [9.17, 15) is 4.79 Å². The molecular weight excluding hydrogens is 354 g/mol. The topological polar surface area (TPSA) is 46.4 Å². The van der Waals surface area contributed by atoms with Crippen molar-refractivity contribution < 1.29 is 4.79 Å². The van der Waals surface area contributed by atoms with Crippen molar-refractivity contribution in [3.05, 3.63) is 69.6 Å². The average molecular weight is 372 g/mol. The smallest absolute Gasteiger partial charge is 0.270 e. The van der Waals surface area contributed by atoms with Crippen LogP contribution in [0.15, 0.2) is 47.1 Å². The number of amides is 1. The van der Waals surface area contributed by atoms with Gasteiger partial charge < -0.3 is 5.32 Å². The zero-order valence-corrected chi connectivity index (χ0v) is 14.7. The van der Waals surface area contributed by atoms with Gasteiger partial charge in [0.2, 0.25) is 0 Å². The molecular formula is C18H18BrN3O. The minimum absolute atomic E-state index is 0.0940. The molecule has 0 atom stereocenters. The molecule has 1 aromatic carbocycles. The fourth-order valence-corrected chi connectivity index (χ4v) is 3.25. The van der Waals surface area contributed by atoms with Crippen LogP contribution in [0.2, 0.25) is 0 Å². The van der Waals surface area contributed by atoms with Crippen molar-refractivity contribution in [3.8, 4) is 0 Å². The maximum absolute atomic E-state index is 12.6. The second kappa shape index (κ2) is 6.54. The third-order valence-corrected chi connectivity index (χ3v) is 4.24. The average Bonchev–Trinajstić information content (AvgIpc) is 2.85. The molecule has 4 nitrogen and oxygen atoms in total. The molecule has 3 aromatic rings. The van der Waals surface area contributed by atoms with E-state index in [1.807, 2.05) is 48.7 Å². The molecule has 2 aromatic heterocycles. The van der Waals surface area contributed by atoms with Crippen LogP contribution in [0.3, 0.4) is 0 Å². The van der Waals surface area contributed by atoms with Gasteiger partial charge in [0.15, 0.2) is 0 Å². The highest BCUT2D eigenvalue weighted by atomic mass is 79.9. The van der Waals surface area contributed by atoms with Crippen LogP contribution >= 0.6 is 15.9 Å². The molecule has 0 aliphatic heterocycles. The third-order valence-electron chi connectivity index (χ3n) is 3.80. The molecule has 0 spiro atoms. The molecule has 0 bridgehead atoms. The number of pyridine rings is 1. The number of halogens is 1. The van der Waals surface area contributed by atoms with Gasteiger partial charge >= 0.3 is 0 Å². The fraction of sp³-hybridized carbons (Fsp3) is 0.222. The molecule has 0 fully saturated rings. The Labute approximate surface area is 143 Å². The highest BCUT2D eigenvalue weighted by Crippen LogP contribution is 2.20. The number of nitrogens with one attached hydrogen (secondary N) is 1. The van der Waals surface area contributed by atoms with Crippen molar-refractivity contribution in [2.45, 2.75) is 20.3 Å². The summed E-state index contributed by atoms with van der Waals surface area (Å²) in [4.78, 5) is 17.1. The first-order valence-corrected chi connectivity index (χ1v) is 8.32. The number of benzene rings is 1. The van der Waals surface area contributed by atoms with Crippen LogP contribution in [-0.4, -0.2) is 21.8 Å². The van der Waals surface area contributed by atoms with Gasteiger partial charge in [-0.1, -0.05) is 30.3 Å². The standard InChI is InChI=1S/C18H18BrN3O/c1-12-10-15(19)11-22-16(13(2)21-17(12)22)18(23)20-9-8-14-6-4-3-5-7-14/h3-7,10-11H,8-9H2,1-2H3,(H,20,23). The summed E-state index contributed by atoms with van der Waals surface area (Å²) in [6.07, 6.45) is 2.69. The molecule has 3 rings (SSSR count). The van der Waals surface area contributed by atoms with Crippen molar-refractivity contribution in [3.63, 3.8) is 0 Å². The molecule has 1 amide bonds. The number of aryl methyl sites for hydroxylation is 2. The summed E-state index contributed by atoms with van der Waals surface area (Å²) >= 11 is 3.48. The van der Waals surface area contributed by atoms with Crippen LogP contribution in [0.5, 0.6) is 0 Å². The molecule has 2 heterocycles. The predicted octanol–water partition coefficient (Wildman–Crippen LogP) is 3.69. The number of carbonyl (C=O) groups excluding carboxylic acids is 1. The molecule has 0 radical (unpaired) electrons. The van der Waals surface area contributed by atoms with Crippen LogP contribution in [0, 0.1) is 13.8 Å². The summed E-state index contributed by atoms with van der Waals surface area (Å²) < 4.78 is 2.78. The quantitative estimate of drug-likeness (QED) is 0.759. The first kappa shape index (κ1) is 15.7. The van der Waals surface area contributed by atoms with E-state index < -0.39 is 0 Å².